The van der Waals surface area contributed by atoms with Gasteiger partial charge in [0, 0.05) is 94.9 Å². The van der Waals surface area contributed by atoms with E-state index in [9.17, 15) is 0 Å². The van der Waals surface area contributed by atoms with Gasteiger partial charge in [-0.15, -0.1) is 0 Å². The van der Waals surface area contributed by atoms with E-state index < -0.39 is 0 Å². The SMILES string of the molecule is C.C.C.C.C.C.CC(C)(C)c1cc(-c2ccccc2)nc(-c2ccccc2)c1.CC(C)(C)c1cc(-n2c3ccccc3c3ccccc32)nc(-n2c3ccccc3c3ccccc32)c1.CC(C)(C)c1ccc(-n2c3ccccc3c3ccccc32)nc1.CC(C)(C)c1ccccc1-c1ccccc1-n1c2ccccc2c2ccccc21.CC(C)(C)c1ccncc1.CC(C)(C)c1nc(-c2ccccc2)cc(-c2ccccc2)n1. The maximum atomic E-state index is 5.36. The van der Waals surface area contributed by atoms with Gasteiger partial charge >= 0.3 is 0 Å². The molecule has 0 bridgehead atoms. The minimum Gasteiger partial charge on any atom is -0.309 e. The molecule has 9 heterocycles. The van der Waals surface area contributed by atoms with E-state index >= 15 is 0 Å². The zero-order chi connectivity index (χ0) is 99.2. The van der Waals surface area contributed by atoms with E-state index in [0.717, 1.165) is 68.3 Å². The lowest BCUT2D eigenvalue weighted by Gasteiger charge is -2.24. The van der Waals surface area contributed by atoms with Gasteiger partial charge in [0.05, 0.1) is 72.6 Å². The van der Waals surface area contributed by atoms with Gasteiger partial charge in [-0.05, 0) is 164 Å². The van der Waals surface area contributed by atoms with Gasteiger partial charge in [0.1, 0.15) is 23.3 Å². The molecule has 0 N–H and O–H groups in total. The second-order valence-electron chi connectivity index (χ2n) is 42.8. The Morgan fingerprint density at radius 3 is 0.757 bits per heavy atom. The molecule has 752 valence electrons. The molecule has 9 aromatic heterocycles. The lowest BCUT2D eigenvalue weighted by Crippen LogP contribution is -2.16. The number of nitrogens with zero attached hydrogens (tertiary/aromatic N) is 10. The number of benzene rings is 14. The predicted molar refractivity (Wildman–Crippen MR) is 643 cm³/mol. The summed E-state index contributed by atoms with van der Waals surface area (Å²) in [4.78, 5) is 28.5. The maximum Gasteiger partial charge on any atom is 0.140 e. The van der Waals surface area contributed by atoms with E-state index in [0.29, 0.717) is 0 Å². The molecule has 10 nitrogen and oxygen atoms in total. The minimum atomic E-state index is -0.0890. The monoisotopic (exact) mass is 1950 g/mol. The quantitative estimate of drug-likeness (QED) is 0.143. The fraction of sp³-hybridized carbons (Fsp3) is 0.217. The Kier molecular flexibility index (Phi) is 34.8. The average Bonchev–Trinajstić information content (AvgIpc) is 1.56. The Morgan fingerprint density at radius 1 is 0.189 bits per heavy atom. The third-order valence-corrected chi connectivity index (χ3v) is 26.4. The zero-order valence-electron chi connectivity index (χ0n) is 85.0. The van der Waals surface area contributed by atoms with Crippen molar-refractivity contribution in [2.24, 2.45) is 0 Å². The Hall–Kier alpha value is -16.0. The molecule has 0 atom stereocenters. The molecule has 148 heavy (non-hydrogen) atoms. The van der Waals surface area contributed by atoms with Gasteiger partial charge < -0.3 is 4.57 Å². The molecule has 0 aliphatic carbocycles. The van der Waals surface area contributed by atoms with Crippen molar-refractivity contribution in [2.45, 2.75) is 202 Å². The van der Waals surface area contributed by atoms with E-state index in [1.165, 1.54) is 132 Å². The van der Waals surface area contributed by atoms with Gasteiger partial charge in [0.25, 0.3) is 0 Å². The summed E-state index contributed by atoms with van der Waals surface area (Å²) in [5.74, 6) is 3.72. The van der Waals surface area contributed by atoms with E-state index in [4.69, 9.17) is 24.9 Å². The molecule has 0 saturated carbocycles. The summed E-state index contributed by atoms with van der Waals surface area (Å²) < 4.78 is 9.30. The van der Waals surface area contributed by atoms with Crippen LogP contribution in [0, 0.1) is 0 Å². The zero-order valence-corrected chi connectivity index (χ0v) is 85.0. The molecular formula is C138H150N10. The van der Waals surface area contributed by atoms with Gasteiger partial charge in [0.15, 0.2) is 0 Å². The normalized spacial score (nSPS) is 11.4. The van der Waals surface area contributed by atoms with Crippen molar-refractivity contribution in [3.63, 3.8) is 0 Å². The topological polar surface area (TPSA) is 97.1 Å². The van der Waals surface area contributed by atoms with Crippen LogP contribution in [0.1, 0.15) is 203 Å². The summed E-state index contributed by atoms with van der Waals surface area (Å²) in [5, 5.41) is 10.1. The highest BCUT2D eigenvalue weighted by Crippen LogP contribution is 2.44. The van der Waals surface area contributed by atoms with Crippen molar-refractivity contribution in [3.05, 3.63) is 471 Å². The molecule has 0 amide bonds. The molecule has 23 rings (SSSR count). The number of fused-ring (bicyclic) bond motifs is 12. The molecule has 0 aliphatic rings. The first kappa shape index (κ1) is 111. The van der Waals surface area contributed by atoms with Crippen molar-refractivity contribution in [2.75, 3.05) is 0 Å². The van der Waals surface area contributed by atoms with Gasteiger partial charge in [-0.2, -0.15) is 0 Å². The standard InChI is InChI=1S/C33H27N3.C28H25N.C21H20N2.C21H21N.C20H20N2.C9H13N.6CH4/c1-33(2,3)22-20-31(35-27-16-8-4-12-23(27)24-13-5-9-17-28(24)35)34-32(21-22)36-29-18-10-6-14-25(29)26-15-7-11-19-30(26)36;1-28(2,3)24-16-8-4-12-20(24)21-13-5-9-17-25(21)29-26-18-10-6-14-22(26)23-15-7-11-19-27(23)29;1-21(2,3)15-12-13-20(22-14-15)23-18-10-6-4-8-16(18)17-9-5-7-11-19(17)23;1-21(2,3)18-14-19(16-10-6-4-7-11-16)22-20(15-18)17-12-8-5-9-13-17;1-20(2,3)19-21-17(15-10-6-4-7-11-15)14-18(22-19)16-12-8-5-9-13-16;1-9(2,3)8-4-6-10-7-5-8;;;;;;/h4-21H,1-3H3;4-19H,1-3H3;4-14H,1-3H3;4-15H,1-3H3;4-14H,1-3H3;4-7H,1-3H3;6*1H4. The van der Waals surface area contributed by atoms with Crippen LogP contribution in [-0.2, 0) is 32.5 Å². The summed E-state index contributed by atoms with van der Waals surface area (Å²) in [6.45, 7) is 40.1. The molecule has 14 aromatic carbocycles. The van der Waals surface area contributed by atoms with Gasteiger partial charge in [-0.1, -0.05) is 485 Å². The second-order valence-corrected chi connectivity index (χ2v) is 42.8. The number of pyridine rings is 4. The van der Waals surface area contributed by atoms with Crippen LogP contribution in [0.4, 0.5) is 0 Å². The molecule has 0 spiro atoms. The summed E-state index contributed by atoms with van der Waals surface area (Å²) in [7, 11) is 0. The smallest absolute Gasteiger partial charge is 0.140 e. The Labute approximate surface area is 881 Å². The number of rotatable bonds is 9. The number of hydrogen-bond acceptors (Lipinski definition) is 6. The first-order chi connectivity index (χ1) is 68.3. The Morgan fingerprint density at radius 2 is 0.459 bits per heavy atom. The number of para-hydroxylation sites is 9. The van der Waals surface area contributed by atoms with Crippen molar-refractivity contribution >= 4 is 87.2 Å². The van der Waals surface area contributed by atoms with Crippen LogP contribution >= 0.6 is 0 Å². The van der Waals surface area contributed by atoms with E-state index in [2.05, 4.69) is 518 Å². The number of aromatic nitrogens is 10. The van der Waals surface area contributed by atoms with Crippen LogP contribution < -0.4 is 0 Å². The van der Waals surface area contributed by atoms with Gasteiger partial charge in [-0.25, -0.2) is 24.9 Å². The molecule has 0 fully saturated rings. The minimum absolute atomic E-state index is 0. The molecule has 0 unspecified atom stereocenters. The van der Waals surface area contributed by atoms with Crippen molar-refractivity contribution in [1.82, 2.24) is 48.2 Å². The summed E-state index contributed by atoms with van der Waals surface area (Å²) >= 11 is 0. The summed E-state index contributed by atoms with van der Waals surface area (Å²) in [6.07, 6.45) is 5.67. The van der Waals surface area contributed by atoms with Gasteiger partial charge in [-0.3, -0.25) is 18.7 Å². The lowest BCUT2D eigenvalue weighted by molar-refractivity contribution is 0.547. The van der Waals surface area contributed by atoms with Crippen LogP contribution in [0.2, 0.25) is 0 Å². The average molecular weight is 1950 g/mol. The molecular weight excluding hydrogens is 1800 g/mol. The highest BCUT2D eigenvalue weighted by Gasteiger charge is 2.28. The lowest BCUT2D eigenvalue weighted by atomic mass is 9.81. The molecule has 0 radical (unpaired) electrons. The van der Waals surface area contributed by atoms with Crippen molar-refractivity contribution < 1.29 is 0 Å². The van der Waals surface area contributed by atoms with Crippen LogP contribution in [0.25, 0.3) is 167 Å². The van der Waals surface area contributed by atoms with Crippen LogP contribution in [-0.4, -0.2) is 48.2 Å². The Balaban J connectivity index is 0.000000161. The van der Waals surface area contributed by atoms with Crippen molar-refractivity contribution in [3.8, 4) is 79.3 Å². The summed E-state index contributed by atoms with van der Waals surface area (Å²) in [5.41, 5.74) is 28.9. The van der Waals surface area contributed by atoms with E-state index in [1.807, 2.05) is 67.1 Å². The summed E-state index contributed by atoms with van der Waals surface area (Å²) in [6, 6.07) is 147. The third kappa shape index (κ3) is 24.0. The van der Waals surface area contributed by atoms with Crippen LogP contribution in [0.15, 0.2) is 437 Å². The first-order valence-electron chi connectivity index (χ1n) is 49.5. The van der Waals surface area contributed by atoms with Crippen LogP contribution in [0.3, 0.4) is 0 Å². The molecule has 23 aromatic rings. The van der Waals surface area contributed by atoms with Gasteiger partial charge in [0.2, 0.25) is 0 Å². The maximum absolute atomic E-state index is 5.36. The predicted octanol–water partition coefficient (Wildman–Crippen LogP) is 38.8. The Bertz CT molecular complexity index is 7760. The van der Waals surface area contributed by atoms with Crippen molar-refractivity contribution in [1.29, 1.82) is 0 Å². The van der Waals surface area contributed by atoms with E-state index in [1.54, 1.807) is 0 Å². The highest BCUT2D eigenvalue weighted by atomic mass is 15.1. The fourth-order valence-electron chi connectivity index (χ4n) is 18.7. The largest absolute Gasteiger partial charge is 0.309 e. The highest BCUT2D eigenvalue weighted by molar-refractivity contribution is 6.12. The first-order valence-corrected chi connectivity index (χ1v) is 49.5. The molecule has 10 heteroatoms. The third-order valence-electron chi connectivity index (χ3n) is 26.4. The second kappa shape index (κ2) is 46.6. The van der Waals surface area contributed by atoms with E-state index in [-0.39, 0.29) is 77.0 Å². The van der Waals surface area contributed by atoms with Crippen LogP contribution in [0.5, 0.6) is 0 Å². The number of hydrogen-bond donors (Lipinski definition) is 0. The fourth-order valence-corrected chi connectivity index (χ4v) is 18.7. The molecule has 0 aliphatic heterocycles. The molecule has 0 saturated heterocycles.